The second-order valence-corrected chi connectivity index (χ2v) is 3.39. The van der Waals surface area contributed by atoms with E-state index in [1.165, 1.54) is 0 Å². The maximum atomic E-state index is 11.8. The number of likely N-dealkylation sites (tertiary alicyclic amines) is 1. The SMILES string of the molecule is Cn1cncc1C(=O)N1CCCC1. The summed E-state index contributed by atoms with van der Waals surface area (Å²) in [6.45, 7) is 1.79. The number of hydrogen-bond acceptors (Lipinski definition) is 2. The lowest BCUT2D eigenvalue weighted by molar-refractivity contribution is 0.0783. The molecule has 1 aromatic heterocycles. The lowest BCUT2D eigenvalue weighted by atomic mass is 10.4. The average molecular weight is 179 g/mol. The van der Waals surface area contributed by atoms with Crippen LogP contribution in [0.4, 0.5) is 0 Å². The third-order valence-corrected chi connectivity index (χ3v) is 2.43. The number of aromatic nitrogens is 2. The number of amides is 1. The van der Waals surface area contributed by atoms with Crippen LogP contribution in [0.3, 0.4) is 0 Å². The van der Waals surface area contributed by atoms with Gasteiger partial charge in [0.2, 0.25) is 0 Å². The van der Waals surface area contributed by atoms with Gasteiger partial charge in [0.25, 0.3) is 5.91 Å². The molecule has 2 heterocycles. The second kappa shape index (κ2) is 3.20. The van der Waals surface area contributed by atoms with Gasteiger partial charge >= 0.3 is 0 Å². The first-order valence-corrected chi connectivity index (χ1v) is 4.54. The topological polar surface area (TPSA) is 38.1 Å². The minimum absolute atomic E-state index is 0.109. The summed E-state index contributed by atoms with van der Waals surface area (Å²) in [4.78, 5) is 17.6. The maximum Gasteiger partial charge on any atom is 0.272 e. The molecule has 0 spiro atoms. The summed E-state index contributed by atoms with van der Waals surface area (Å²) in [5.41, 5.74) is 0.682. The predicted molar refractivity (Wildman–Crippen MR) is 48.3 cm³/mol. The van der Waals surface area contributed by atoms with Crippen LogP contribution < -0.4 is 0 Å². The van der Waals surface area contributed by atoms with Crippen molar-refractivity contribution in [2.45, 2.75) is 12.8 Å². The lowest BCUT2D eigenvalue weighted by Crippen LogP contribution is -2.29. The van der Waals surface area contributed by atoms with Gasteiger partial charge in [-0.25, -0.2) is 4.98 Å². The molecule has 13 heavy (non-hydrogen) atoms. The predicted octanol–water partition coefficient (Wildman–Crippen LogP) is 0.656. The van der Waals surface area contributed by atoms with Gasteiger partial charge in [-0.05, 0) is 12.8 Å². The number of aryl methyl sites for hydroxylation is 1. The number of hydrogen-bond donors (Lipinski definition) is 0. The van der Waals surface area contributed by atoms with E-state index in [1.54, 1.807) is 17.1 Å². The van der Waals surface area contributed by atoms with Crippen molar-refractivity contribution in [2.24, 2.45) is 7.05 Å². The van der Waals surface area contributed by atoms with Gasteiger partial charge in [-0.3, -0.25) is 4.79 Å². The largest absolute Gasteiger partial charge is 0.337 e. The maximum absolute atomic E-state index is 11.8. The van der Waals surface area contributed by atoms with Crippen LogP contribution in [0, 0.1) is 0 Å². The molecule has 1 aromatic rings. The van der Waals surface area contributed by atoms with Gasteiger partial charge in [0, 0.05) is 20.1 Å². The summed E-state index contributed by atoms with van der Waals surface area (Å²) in [7, 11) is 1.84. The Balaban J connectivity index is 2.17. The molecule has 1 amide bonds. The van der Waals surface area contributed by atoms with E-state index in [0.717, 1.165) is 25.9 Å². The zero-order chi connectivity index (χ0) is 9.26. The first-order chi connectivity index (χ1) is 6.29. The molecule has 0 N–H and O–H groups in total. The van der Waals surface area contributed by atoms with Crippen LogP contribution in [0.15, 0.2) is 12.5 Å². The Hall–Kier alpha value is -1.32. The number of carbonyl (C=O) groups is 1. The third kappa shape index (κ3) is 1.43. The van der Waals surface area contributed by atoms with Crippen molar-refractivity contribution in [1.82, 2.24) is 14.5 Å². The van der Waals surface area contributed by atoms with E-state index in [1.807, 2.05) is 11.9 Å². The summed E-state index contributed by atoms with van der Waals surface area (Å²) in [6, 6.07) is 0. The van der Waals surface area contributed by atoms with Crippen LogP contribution >= 0.6 is 0 Å². The Kier molecular flexibility index (Phi) is 2.04. The molecule has 1 aliphatic rings. The van der Waals surface area contributed by atoms with E-state index < -0.39 is 0 Å². The third-order valence-electron chi connectivity index (χ3n) is 2.43. The Bertz CT molecular complexity index is 312. The molecule has 0 unspecified atom stereocenters. The highest BCUT2D eigenvalue weighted by Gasteiger charge is 2.21. The van der Waals surface area contributed by atoms with Crippen molar-refractivity contribution in [3.63, 3.8) is 0 Å². The van der Waals surface area contributed by atoms with Gasteiger partial charge in [0.15, 0.2) is 0 Å². The summed E-state index contributed by atoms with van der Waals surface area (Å²) >= 11 is 0. The smallest absolute Gasteiger partial charge is 0.272 e. The fourth-order valence-electron chi connectivity index (χ4n) is 1.65. The molecule has 0 radical (unpaired) electrons. The van der Waals surface area contributed by atoms with Crippen molar-refractivity contribution < 1.29 is 4.79 Å². The minimum atomic E-state index is 0.109. The van der Waals surface area contributed by atoms with Crippen molar-refractivity contribution in [3.8, 4) is 0 Å². The Morgan fingerprint density at radius 1 is 1.46 bits per heavy atom. The van der Waals surface area contributed by atoms with Crippen molar-refractivity contribution in [3.05, 3.63) is 18.2 Å². The Morgan fingerprint density at radius 2 is 2.15 bits per heavy atom. The molecule has 1 aliphatic heterocycles. The average Bonchev–Trinajstić information content (AvgIpc) is 2.72. The summed E-state index contributed by atoms with van der Waals surface area (Å²) in [6.07, 6.45) is 5.54. The van der Waals surface area contributed by atoms with Crippen LogP contribution in [0.1, 0.15) is 23.3 Å². The molecular weight excluding hydrogens is 166 g/mol. The van der Waals surface area contributed by atoms with Crippen LogP contribution in [0.25, 0.3) is 0 Å². The van der Waals surface area contributed by atoms with Gasteiger partial charge in [-0.15, -0.1) is 0 Å². The molecule has 4 heteroatoms. The molecule has 4 nitrogen and oxygen atoms in total. The first kappa shape index (κ1) is 8.29. The molecule has 2 rings (SSSR count). The van der Waals surface area contributed by atoms with E-state index in [9.17, 15) is 4.79 Å². The van der Waals surface area contributed by atoms with Crippen molar-refractivity contribution in [1.29, 1.82) is 0 Å². The van der Waals surface area contributed by atoms with Gasteiger partial charge in [-0.1, -0.05) is 0 Å². The fraction of sp³-hybridized carbons (Fsp3) is 0.556. The minimum Gasteiger partial charge on any atom is -0.337 e. The molecule has 0 atom stereocenters. The van der Waals surface area contributed by atoms with E-state index in [4.69, 9.17) is 0 Å². The molecule has 0 aromatic carbocycles. The van der Waals surface area contributed by atoms with E-state index >= 15 is 0 Å². The van der Waals surface area contributed by atoms with Gasteiger partial charge < -0.3 is 9.47 Å². The van der Waals surface area contributed by atoms with Gasteiger partial charge in [-0.2, -0.15) is 0 Å². The highest BCUT2D eigenvalue weighted by molar-refractivity contribution is 5.92. The molecule has 0 saturated carbocycles. The second-order valence-electron chi connectivity index (χ2n) is 3.39. The van der Waals surface area contributed by atoms with E-state index in [-0.39, 0.29) is 5.91 Å². The number of carbonyl (C=O) groups excluding carboxylic acids is 1. The van der Waals surface area contributed by atoms with Gasteiger partial charge in [0.1, 0.15) is 5.69 Å². The van der Waals surface area contributed by atoms with Crippen LogP contribution in [-0.2, 0) is 7.05 Å². The van der Waals surface area contributed by atoms with Crippen molar-refractivity contribution in [2.75, 3.05) is 13.1 Å². The summed E-state index contributed by atoms with van der Waals surface area (Å²) in [5, 5.41) is 0. The number of nitrogens with zero attached hydrogens (tertiary/aromatic N) is 3. The fourth-order valence-corrected chi connectivity index (χ4v) is 1.65. The highest BCUT2D eigenvalue weighted by Crippen LogP contribution is 2.11. The standard InChI is InChI=1S/C9H13N3O/c1-11-7-10-6-8(11)9(13)12-4-2-3-5-12/h6-7H,2-5H2,1H3. The summed E-state index contributed by atoms with van der Waals surface area (Å²) in [5.74, 6) is 0.109. The van der Waals surface area contributed by atoms with E-state index in [2.05, 4.69) is 4.98 Å². The lowest BCUT2D eigenvalue weighted by Gasteiger charge is -2.14. The van der Waals surface area contributed by atoms with Crippen LogP contribution in [-0.4, -0.2) is 33.4 Å². The zero-order valence-corrected chi connectivity index (χ0v) is 7.73. The molecule has 0 bridgehead atoms. The Morgan fingerprint density at radius 3 is 2.69 bits per heavy atom. The molecule has 1 fully saturated rings. The summed E-state index contributed by atoms with van der Waals surface area (Å²) < 4.78 is 1.76. The van der Waals surface area contributed by atoms with Crippen LogP contribution in [0.2, 0.25) is 0 Å². The monoisotopic (exact) mass is 179 g/mol. The van der Waals surface area contributed by atoms with E-state index in [0.29, 0.717) is 5.69 Å². The molecule has 0 aliphatic carbocycles. The highest BCUT2D eigenvalue weighted by atomic mass is 16.2. The quantitative estimate of drug-likeness (QED) is 0.635. The van der Waals surface area contributed by atoms with Crippen molar-refractivity contribution >= 4 is 5.91 Å². The first-order valence-electron chi connectivity index (χ1n) is 4.54. The number of rotatable bonds is 1. The number of imidazole rings is 1. The molecule has 70 valence electrons. The van der Waals surface area contributed by atoms with Gasteiger partial charge in [0.05, 0.1) is 12.5 Å². The Labute approximate surface area is 77.2 Å². The zero-order valence-electron chi connectivity index (χ0n) is 7.73. The normalized spacial score (nSPS) is 16.5. The van der Waals surface area contributed by atoms with Crippen LogP contribution in [0.5, 0.6) is 0 Å². The molecule has 1 saturated heterocycles. The molecular formula is C9H13N3O.